The summed E-state index contributed by atoms with van der Waals surface area (Å²) in [6, 6.07) is 17.0. The molecule has 0 unspecified atom stereocenters. The zero-order valence-electron chi connectivity index (χ0n) is 27.8. The Morgan fingerprint density at radius 1 is 1.08 bits per heavy atom. The highest BCUT2D eigenvalue weighted by Gasteiger charge is 2.34. The summed E-state index contributed by atoms with van der Waals surface area (Å²) < 4.78 is 21.1. The SMILES string of the molecule is CN1CCC[C@H]1COc1nc2c(c(N3CCN(C(=O)/C=C/n4cccc(F)c4=O)[C@@H](CC#N)C3)n1)CCN(c1cccc3cccc(Cl)c13)C2. The van der Waals surface area contributed by atoms with Gasteiger partial charge in [0.05, 0.1) is 35.8 Å². The van der Waals surface area contributed by atoms with Crippen LogP contribution >= 0.6 is 11.6 Å². The van der Waals surface area contributed by atoms with Gasteiger partial charge < -0.3 is 24.3 Å². The Labute approximate surface area is 294 Å². The van der Waals surface area contributed by atoms with E-state index in [0.717, 1.165) is 70.1 Å². The molecule has 5 heterocycles. The standard InChI is InChI=1S/C37H38ClFN8O3/c1-43-16-4-8-27(43)24-50-37-41-31-23-45(32-11-3-7-25-6-2-9-29(38)34(25)32)18-13-28(31)35(42-37)46-20-21-47(26(22-46)12-15-40)33(48)14-19-44-17-5-10-30(39)36(44)49/h2-3,5-7,9-11,14,17,19,26-27H,4,8,12-13,16,18,20-24H2,1H3/b19-14+/t26-,27-/m0/s1. The van der Waals surface area contributed by atoms with Gasteiger partial charge in [0.25, 0.3) is 5.56 Å². The zero-order chi connectivity index (χ0) is 34.8. The molecule has 50 heavy (non-hydrogen) atoms. The molecule has 3 aliphatic heterocycles. The van der Waals surface area contributed by atoms with Gasteiger partial charge >= 0.3 is 6.01 Å². The van der Waals surface area contributed by atoms with Crippen LogP contribution in [0.25, 0.3) is 17.0 Å². The van der Waals surface area contributed by atoms with E-state index in [0.29, 0.717) is 56.3 Å². The number of halogens is 2. The van der Waals surface area contributed by atoms with E-state index in [1.807, 2.05) is 18.2 Å². The fourth-order valence-electron chi connectivity index (χ4n) is 7.28. The number of hydrogen-bond acceptors (Lipinski definition) is 9. The van der Waals surface area contributed by atoms with Gasteiger partial charge in [-0.2, -0.15) is 15.2 Å². The van der Waals surface area contributed by atoms with Crippen molar-refractivity contribution in [3.05, 3.63) is 93.3 Å². The molecular formula is C37H38ClFN8O3. The van der Waals surface area contributed by atoms with E-state index in [2.05, 4.69) is 46.0 Å². The Morgan fingerprint density at radius 2 is 1.92 bits per heavy atom. The van der Waals surface area contributed by atoms with Gasteiger partial charge in [-0.15, -0.1) is 0 Å². The number of fused-ring (bicyclic) bond motifs is 2. The number of rotatable bonds is 8. The van der Waals surface area contributed by atoms with Gasteiger partial charge in [-0.25, -0.2) is 4.39 Å². The summed E-state index contributed by atoms with van der Waals surface area (Å²) in [7, 11) is 2.11. The first kappa shape index (κ1) is 33.5. The molecule has 2 atom stereocenters. The van der Waals surface area contributed by atoms with Crippen molar-refractivity contribution < 1.29 is 13.9 Å². The highest BCUT2D eigenvalue weighted by atomic mass is 35.5. The lowest BCUT2D eigenvalue weighted by Gasteiger charge is -2.42. The average Bonchev–Trinajstić information content (AvgIpc) is 3.54. The zero-order valence-corrected chi connectivity index (χ0v) is 28.6. The topological polar surface area (TPSA) is 111 Å². The van der Waals surface area contributed by atoms with Gasteiger partial charge in [-0.05, 0) is 62.5 Å². The van der Waals surface area contributed by atoms with E-state index in [-0.39, 0.29) is 12.3 Å². The molecule has 0 bridgehead atoms. The van der Waals surface area contributed by atoms with Gasteiger partial charge in [0.1, 0.15) is 12.4 Å². The molecule has 11 nitrogen and oxygen atoms in total. The first-order valence-corrected chi connectivity index (χ1v) is 17.3. The summed E-state index contributed by atoms with van der Waals surface area (Å²) in [5.74, 6) is -0.506. The molecule has 0 N–H and O–H groups in total. The lowest BCUT2D eigenvalue weighted by molar-refractivity contribution is -0.128. The van der Waals surface area contributed by atoms with Crippen molar-refractivity contribution in [3.8, 4) is 12.1 Å². The van der Waals surface area contributed by atoms with Crippen molar-refractivity contribution in [2.45, 2.75) is 44.3 Å². The first-order chi connectivity index (χ1) is 24.3. The number of carbonyl (C=O) groups is 1. The number of pyridine rings is 1. The number of hydrogen-bond donors (Lipinski definition) is 0. The fourth-order valence-corrected chi connectivity index (χ4v) is 7.56. The van der Waals surface area contributed by atoms with Crippen LogP contribution in [0.15, 0.2) is 65.6 Å². The van der Waals surface area contributed by atoms with E-state index in [9.17, 15) is 19.2 Å². The highest BCUT2D eigenvalue weighted by Crippen LogP contribution is 2.37. The number of amides is 1. The molecule has 4 aromatic rings. The molecule has 0 radical (unpaired) electrons. The molecule has 0 spiro atoms. The largest absolute Gasteiger partial charge is 0.462 e. The van der Waals surface area contributed by atoms with E-state index >= 15 is 0 Å². The van der Waals surface area contributed by atoms with Gasteiger partial charge in [-0.1, -0.05) is 35.9 Å². The number of benzene rings is 2. The molecule has 13 heteroatoms. The third-order valence-corrected chi connectivity index (χ3v) is 10.3. The first-order valence-electron chi connectivity index (χ1n) is 16.9. The molecule has 2 saturated heterocycles. The van der Waals surface area contributed by atoms with Gasteiger partial charge in [-0.3, -0.25) is 14.2 Å². The van der Waals surface area contributed by atoms with Crippen LogP contribution in [0, 0.1) is 17.1 Å². The number of anilines is 2. The Balaban J connectivity index is 1.17. The van der Waals surface area contributed by atoms with Gasteiger partial charge in [0, 0.05) is 67.3 Å². The second-order valence-electron chi connectivity index (χ2n) is 13.0. The Morgan fingerprint density at radius 3 is 2.72 bits per heavy atom. The quantitative estimate of drug-likeness (QED) is 0.242. The summed E-state index contributed by atoms with van der Waals surface area (Å²) in [5.41, 5.74) is 2.10. The smallest absolute Gasteiger partial charge is 0.318 e. The summed E-state index contributed by atoms with van der Waals surface area (Å²) in [4.78, 5) is 43.8. The molecule has 0 saturated carbocycles. The van der Waals surface area contributed by atoms with Crippen LogP contribution < -0.4 is 20.1 Å². The van der Waals surface area contributed by atoms with Crippen LogP contribution in [0.4, 0.5) is 15.9 Å². The molecule has 3 aliphatic rings. The maximum absolute atomic E-state index is 13.8. The van der Waals surface area contributed by atoms with Crippen LogP contribution in [0.5, 0.6) is 6.01 Å². The second-order valence-corrected chi connectivity index (χ2v) is 13.4. The van der Waals surface area contributed by atoms with E-state index in [4.69, 9.17) is 26.3 Å². The summed E-state index contributed by atoms with van der Waals surface area (Å²) in [6.07, 6.45) is 6.86. The predicted octanol–water partition coefficient (Wildman–Crippen LogP) is 4.72. The third-order valence-electron chi connectivity index (χ3n) is 9.97. The number of ether oxygens (including phenoxy) is 1. The molecule has 7 rings (SSSR count). The summed E-state index contributed by atoms with van der Waals surface area (Å²) in [6.45, 7) is 3.96. The monoisotopic (exact) mass is 696 g/mol. The van der Waals surface area contributed by atoms with Crippen LogP contribution in [0.2, 0.25) is 5.02 Å². The number of likely N-dealkylation sites (N-methyl/N-ethyl adjacent to an activating group) is 1. The maximum Gasteiger partial charge on any atom is 0.318 e. The predicted molar refractivity (Wildman–Crippen MR) is 191 cm³/mol. The number of nitriles is 1. The third kappa shape index (κ3) is 6.75. The van der Waals surface area contributed by atoms with Crippen molar-refractivity contribution >= 4 is 46.0 Å². The van der Waals surface area contributed by atoms with Gasteiger partial charge in [0.15, 0.2) is 5.82 Å². The Bertz CT molecular complexity index is 2040. The Kier molecular flexibility index (Phi) is 9.70. The van der Waals surface area contributed by atoms with Crippen LogP contribution in [-0.2, 0) is 17.8 Å². The molecule has 1 amide bonds. The molecular weight excluding hydrogens is 659 g/mol. The number of likely N-dealkylation sites (tertiary alicyclic amines) is 1. The molecule has 2 aromatic heterocycles. The van der Waals surface area contributed by atoms with Crippen molar-refractivity contribution in [2.75, 3.05) is 56.2 Å². The molecule has 0 aliphatic carbocycles. The number of carbonyl (C=O) groups excluding carboxylic acids is 1. The summed E-state index contributed by atoms with van der Waals surface area (Å²) >= 11 is 6.72. The molecule has 258 valence electrons. The second kappa shape index (κ2) is 14.5. The maximum atomic E-state index is 13.8. The van der Waals surface area contributed by atoms with E-state index in [1.165, 1.54) is 24.5 Å². The average molecular weight is 697 g/mol. The minimum Gasteiger partial charge on any atom is -0.462 e. The van der Waals surface area contributed by atoms with Crippen molar-refractivity contribution in [1.29, 1.82) is 5.26 Å². The minimum atomic E-state index is -0.906. The van der Waals surface area contributed by atoms with Crippen molar-refractivity contribution in [3.63, 3.8) is 0 Å². The van der Waals surface area contributed by atoms with Gasteiger partial charge in [0.2, 0.25) is 5.91 Å². The van der Waals surface area contributed by atoms with E-state index in [1.54, 1.807) is 4.90 Å². The van der Waals surface area contributed by atoms with Crippen LogP contribution in [0.3, 0.4) is 0 Å². The van der Waals surface area contributed by atoms with Crippen LogP contribution in [-0.4, -0.2) is 88.7 Å². The summed E-state index contributed by atoms with van der Waals surface area (Å²) in [5, 5.41) is 12.5. The van der Waals surface area contributed by atoms with Crippen molar-refractivity contribution in [1.82, 2.24) is 24.3 Å². The van der Waals surface area contributed by atoms with Crippen LogP contribution in [0.1, 0.15) is 30.5 Å². The van der Waals surface area contributed by atoms with E-state index < -0.39 is 17.4 Å². The lowest BCUT2D eigenvalue weighted by Crippen LogP contribution is -2.55. The normalized spacial score (nSPS) is 19.6. The molecule has 2 aromatic carbocycles. The lowest BCUT2D eigenvalue weighted by atomic mass is 10.0. The highest BCUT2D eigenvalue weighted by molar-refractivity contribution is 6.36. The fraction of sp³-hybridized carbons (Fsp3) is 0.378. The number of aromatic nitrogens is 3. The Hall–Kier alpha value is -4.99. The van der Waals surface area contributed by atoms with Crippen molar-refractivity contribution in [2.24, 2.45) is 0 Å². The minimum absolute atomic E-state index is 0.107. The molecule has 2 fully saturated rings. The number of nitrogens with zero attached hydrogens (tertiary/aromatic N) is 8. The number of piperazine rings is 1.